The number of aliphatic hydroxyl groups excluding tert-OH is 1. The molecule has 1 aromatic rings. The van der Waals surface area contributed by atoms with Crippen molar-refractivity contribution in [3.63, 3.8) is 0 Å². The van der Waals surface area contributed by atoms with Gasteiger partial charge in [-0.2, -0.15) is 11.8 Å². The third kappa shape index (κ3) is 3.74. The predicted octanol–water partition coefficient (Wildman–Crippen LogP) is 0.417. The van der Waals surface area contributed by atoms with E-state index < -0.39 is 17.2 Å². The molecule has 1 spiro atoms. The molecule has 9 heteroatoms. The first kappa shape index (κ1) is 19.2. The van der Waals surface area contributed by atoms with Crippen molar-refractivity contribution >= 4 is 29.3 Å². The molecule has 8 nitrogen and oxygen atoms in total. The van der Waals surface area contributed by atoms with Crippen LogP contribution in [-0.2, 0) is 9.53 Å². The summed E-state index contributed by atoms with van der Waals surface area (Å²) >= 11 is 1.47. The monoisotopic (exact) mass is 381 g/mol. The fraction of sp³-hybridized carbons (Fsp3) is 0.706. The van der Waals surface area contributed by atoms with Gasteiger partial charge in [0.2, 0.25) is 5.91 Å². The van der Waals surface area contributed by atoms with E-state index in [1.54, 1.807) is 6.07 Å². The first-order chi connectivity index (χ1) is 12.4. The molecule has 0 saturated carbocycles. The van der Waals surface area contributed by atoms with Gasteiger partial charge in [0.25, 0.3) is 0 Å². The van der Waals surface area contributed by atoms with Crippen LogP contribution in [0.15, 0.2) is 12.4 Å². The summed E-state index contributed by atoms with van der Waals surface area (Å²) in [5.74, 6) is 1.56. The maximum absolute atomic E-state index is 12.1. The molecule has 1 amide bonds. The number of nitrogens with zero attached hydrogens (tertiary/aromatic N) is 3. The number of carbonyl (C=O) groups is 1. The van der Waals surface area contributed by atoms with Crippen molar-refractivity contribution in [3.8, 4) is 0 Å². The standard InChI is InChI=1S/C17H27N5O3S/c1-16(21-14(23)10-26-2)5-8-25-17(15(16)24)3-6-22(7-4-17)13-9-12(18)19-11-20-13/h9,11,15,24H,3-8,10H2,1-2H3,(H,21,23)(H2,18,19,20)/t15-,16+/m0/s1. The van der Waals surface area contributed by atoms with Crippen LogP contribution in [0.1, 0.15) is 26.2 Å². The van der Waals surface area contributed by atoms with Gasteiger partial charge in [-0.05, 0) is 32.4 Å². The van der Waals surface area contributed by atoms with Crippen LogP contribution in [0.25, 0.3) is 0 Å². The van der Waals surface area contributed by atoms with E-state index in [0.29, 0.717) is 50.5 Å². The van der Waals surface area contributed by atoms with Gasteiger partial charge in [-0.15, -0.1) is 0 Å². The van der Waals surface area contributed by atoms with Crippen LogP contribution < -0.4 is 16.0 Å². The number of carbonyl (C=O) groups excluding carboxylic acids is 1. The number of anilines is 2. The number of nitrogens with two attached hydrogens (primary N) is 1. The van der Waals surface area contributed by atoms with Gasteiger partial charge < -0.3 is 25.8 Å². The van der Waals surface area contributed by atoms with Gasteiger partial charge in [0.1, 0.15) is 24.1 Å². The van der Waals surface area contributed by atoms with Gasteiger partial charge in [-0.25, -0.2) is 9.97 Å². The van der Waals surface area contributed by atoms with E-state index in [4.69, 9.17) is 10.5 Å². The normalized spacial score (nSPS) is 28.1. The molecule has 2 atom stereocenters. The largest absolute Gasteiger partial charge is 0.388 e. The van der Waals surface area contributed by atoms with Crippen molar-refractivity contribution in [2.75, 3.05) is 42.3 Å². The fourth-order valence-electron chi connectivity index (χ4n) is 3.95. The molecule has 2 aliphatic heterocycles. The summed E-state index contributed by atoms with van der Waals surface area (Å²) in [5, 5.41) is 14.1. The lowest BCUT2D eigenvalue weighted by molar-refractivity contribution is -0.198. The van der Waals surface area contributed by atoms with Crippen molar-refractivity contribution in [2.45, 2.75) is 43.4 Å². The summed E-state index contributed by atoms with van der Waals surface area (Å²) in [7, 11) is 0. The number of aliphatic hydroxyl groups is 1. The molecule has 2 fully saturated rings. The molecule has 2 aliphatic rings. The van der Waals surface area contributed by atoms with Crippen LogP contribution in [0.5, 0.6) is 0 Å². The van der Waals surface area contributed by atoms with Gasteiger partial charge in [0.05, 0.1) is 16.9 Å². The Labute approximate surface area is 157 Å². The predicted molar refractivity (Wildman–Crippen MR) is 102 cm³/mol. The van der Waals surface area contributed by atoms with Crippen molar-refractivity contribution in [2.24, 2.45) is 0 Å². The molecule has 26 heavy (non-hydrogen) atoms. The second-order valence-corrected chi connectivity index (χ2v) is 8.12. The highest BCUT2D eigenvalue weighted by Crippen LogP contribution is 2.40. The lowest BCUT2D eigenvalue weighted by Gasteiger charge is -2.53. The second kappa shape index (κ2) is 7.58. The van der Waals surface area contributed by atoms with Gasteiger partial charge in [0, 0.05) is 25.8 Å². The SMILES string of the molecule is CSCC(=O)N[C@]1(C)CCOC2(CCN(c3cc(N)ncn3)CC2)[C@H]1O. The number of aromatic nitrogens is 2. The number of ether oxygens (including phenoxy) is 1. The Morgan fingerprint density at radius 1 is 1.46 bits per heavy atom. The van der Waals surface area contributed by atoms with Crippen LogP contribution in [0, 0.1) is 0 Å². The van der Waals surface area contributed by atoms with E-state index in [1.807, 2.05) is 13.2 Å². The van der Waals surface area contributed by atoms with Crippen LogP contribution in [0.4, 0.5) is 11.6 Å². The molecule has 3 rings (SSSR count). The molecule has 0 aromatic carbocycles. The number of nitrogens with one attached hydrogen (secondary N) is 1. The van der Waals surface area contributed by atoms with Crippen molar-refractivity contribution in [1.29, 1.82) is 0 Å². The minimum Gasteiger partial charge on any atom is -0.388 e. The van der Waals surface area contributed by atoms with Gasteiger partial charge >= 0.3 is 0 Å². The van der Waals surface area contributed by atoms with Crippen molar-refractivity contribution in [1.82, 2.24) is 15.3 Å². The molecule has 3 heterocycles. The quantitative estimate of drug-likeness (QED) is 0.688. The Kier molecular flexibility index (Phi) is 5.59. The third-order valence-electron chi connectivity index (χ3n) is 5.42. The smallest absolute Gasteiger partial charge is 0.230 e. The highest BCUT2D eigenvalue weighted by atomic mass is 32.2. The Morgan fingerprint density at radius 2 is 2.19 bits per heavy atom. The average molecular weight is 382 g/mol. The third-order valence-corrected chi connectivity index (χ3v) is 5.97. The summed E-state index contributed by atoms with van der Waals surface area (Å²) in [6.45, 7) is 3.83. The number of thioether (sulfide) groups is 1. The molecule has 4 N–H and O–H groups in total. The second-order valence-electron chi connectivity index (χ2n) is 7.25. The number of hydrogen-bond acceptors (Lipinski definition) is 8. The fourth-order valence-corrected chi connectivity index (χ4v) is 4.28. The Hall–Kier alpha value is -1.58. The molecular weight excluding hydrogens is 354 g/mol. The molecule has 0 unspecified atom stereocenters. The summed E-state index contributed by atoms with van der Waals surface area (Å²) in [4.78, 5) is 22.4. The minimum atomic E-state index is -0.757. The number of amides is 1. The molecule has 1 aromatic heterocycles. The van der Waals surface area contributed by atoms with Crippen LogP contribution in [0.2, 0.25) is 0 Å². The van der Waals surface area contributed by atoms with Gasteiger partial charge in [0.15, 0.2) is 0 Å². The van der Waals surface area contributed by atoms with E-state index in [9.17, 15) is 9.90 Å². The first-order valence-corrected chi connectivity index (χ1v) is 10.2. The van der Waals surface area contributed by atoms with Gasteiger partial charge in [-0.3, -0.25) is 4.79 Å². The number of nitrogen functional groups attached to an aromatic ring is 1. The van der Waals surface area contributed by atoms with E-state index in [-0.39, 0.29) is 5.91 Å². The van der Waals surface area contributed by atoms with Crippen LogP contribution in [0.3, 0.4) is 0 Å². The number of piperidine rings is 1. The van der Waals surface area contributed by atoms with Crippen LogP contribution >= 0.6 is 11.8 Å². The summed E-state index contributed by atoms with van der Waals surface area (Å²) < 4.78 is 6.07. The molecule has 0 radical (unpaired) electrons. The Bertz CT molecular complexity index is 653. The van der Waals surface area contributed by atoms with Gasteiger partial charge in [-0.1, -0.05) is 0 Å². The lowest BCUT2D eigenvalue weighted by Crippen LogP contribution is -2.69. The first-order valence-electron chi connectivity index (χ1n) is 8.83. The highest BCUT2D eigenvalue weighted by Gasteiger charge is 2.53. The number of hydrogen-bond donors (Lipinski definition) is 3. The zero-order valence-electron chi connectivity index (χ0n) is 15.3. The molecule has 144 valence electrons. The maximum atomic E-state index is 12.1. The maximum Gasteiger partial charge on any atom is 0.230 e. The zero-order chi connectivity index (χ0) is 18.8. The Balaban J connectivity index is 1.69. The topological polar surface area (TPSA) is 114 Å². The summed E-state index contributed by atoms with van der Waals surface area (Å²) in [6.07, 6.45) is 4.51. The highest BCUT2D eigenvalue weighted by molar-refractivity contribution is 7.99. The molecule has 0 bridgehead atoms. The van der Waals surface area contributed by atoms with Crippen LogP contribution in [-0.4, -0.2) is 69.9 Å². The summed E-state index contributed by atoms with van der Waals surface area (Å²) in [5.41, 5.74) is 4.43. The van der Waals surface area contributed by atoms with E-state index >= 15 is 0 Å². The molecule has 0 aliphatic carbocycles. The summed E-state index contributed by atoms with van der Waals surface area (Å²) in [6, 6.07) is 1.75. The molecular formula is C17H27N5O3S. The van der Waals surface area contributed by atoms with E-state index in [0.717, 1.165) is 5.82 Å². The van der Waals surface area contributed by atoms with Crippen molar-refractivity contribution < 1.29 is 14.6 Å². The minimum absolute atomic E-state index is 0.0509. The lowest BCUT2D eigenvalue weighted by atomic mass is 9.73. The number of rotatable bonds is 4. The zero-order valence-corrected chi connectivity index (χ0v) is 16.1. The van der Waals surface area contributed by atoms with Crippen molar-refractivity contribution in [3.05, 3.63) is 12.4 Å². The van der Waals surface area contributed by atoms with E-state index in [2.05, 4.69) is 20.2 Å². The Morgan fingerprint density at radius 3 is 2.85 bits per heavy atom. The average Bonchev–Trinajstić information content (AvgIpc) is 2.61. The molecule has 2 saturated heterocycles. The van der Waals surface area contributed by atoms with E-state index in [1.165, 1.54) is 18.1 Å².